The van der Waals surface area contributed by atoms with Crippen LogP contribution in [0.15, 0.2) is 246 Å². The summed E-state index contributed by atoms with van der Waals surface area (Å²) >= 11 is 0. The zero-order valence-corrected chi connectivity index (χ0v) is 76.8. The highest BCUT2D eigenvalue weighted by molar-refractivity contribution is 6.02. The van der Waals surface area contributed by atoms with E-state index >= 15 is 0 Å². The summed E-state index contributed by atoms with van der Waals surface area (Å²) in [5.74, 6) is 1.01. The Kier molecular flexibility index (Phi) is 32.8. The molecule has 12 heterocycles. The highest BCUT2D eigenvalue weighted by Crippen LogP contribution is 2.28. The topological polar surface area (TPSA) is 264 Å². The molecule has 0 amide bonds. The van der Waals surface area contributed by atoms with E-state index in [2.05, 4.69) is 86.5 Å². The van der Waals surface area contributed by atoms with Crippen molar-refractivity contribution in [2.24, 2.45) is 54.3 Å². The van der Waals surface area contributed by atoms with Crippen molar-refractivity contribution in [3.63, 3.8) is 0 Å². The van der Waals surface area contributed by atoms with Gasteiger partial charge in [0.15, 0.2) is 0 Å². The third kappa shape index (κ3) is 24.9. The molecule has 19 rings (SSSR count). The van der Waals surface area contributed by atoms with Gasteiger partial charge in [0.25, 0.3) is 38.9 Å². The molecule has 0 radical (unpaired) electrons. The Labute approximate surface area is 753 Å². The molecule has 0 spiro atoms. The molecule has 27 heteroatoms. The summed E-state index contributed by atoms with van der Waals surface area (Å²) in [6.45, 7) is 22.4. The van der Waals surface area contributed by atoms with E-state index in [9.17, 15) is 33.6 Å². The van der Waals surface area contributed by atoms with Crippen LogP contribution in [0.5, 0.6) is 0 Å². The van der Waals surface area contributed by atoms with E-state index in [4.69, 9.17) is 4.74 Å². The number of hydrogen-bond acceptors (Lipinski definition) is 20. The van der Waals surface area contributed by atoms with Crippen LogP contribution in [0.25, 0.3) is 75.4 Å². The molecule has 7 aromatic carbocycles. The van der Waals surface area contributed by atoms with Crippen LogP contribution in [0.4, 0.5) is 34.1 Å². The Hall–Kier alpha value is -12.9. The van der Waals surface area contributed by atoms with Gasteiger partial charge < -0.3 is 88.2 Å². The van der Waals surface area contributed by atoms with Crippen LogP contribution in [0.1, 0.15) is 56.6 Å². The molecule has 0 unspecified atom stereocenters. The first kappa shape index (κ1) is 93.7. The van der Waals surface area contributed by atoms with Crippen molar-refractivity contribution >= 4 is 115 Å². The lowest BCUT2D eigenvalue weighted by molar-refractivity contribution is 0.0398. The molecule has 5 aliphatic rings. The third-order valence-corrected chi connectivity index (χ3v) is 24.3. The minimum absolute atomic E-state index is 0.0424. The zero-order valence-electron chi connectivity index (χ0n) is 76.8. The summed E-state index contributed by atoms with van der Waals surface area (Å²) in [5.41, 5.74) is 9.28. The van der Waals surface area contributed by atoms with Gasteiger partial charge in [0.05, 0.1) is 19.8 Å². The second-order valence-electron chi connectivity index (χ2n) is 34.2. The van der Waals surface area contributed by atoms with E-state index in [1.807, 2.05) is 192 Å². The fourth-order valence-corrected chi connectivity index (χ4v) is 16.5. The minimum atomic E-state index is 0.0424. The van der Waals surface area contributed by atoms with Crippen molar-refractivity contribution in [1.29, 1.82) is 0 Å². The first-order valence-electron chi connectivity index (χ1n) is 45.2. The van der Waals surface area contributed by atoms with Crippen LogP contribution in [0, 0.1) is 0 Å². The van der Waals surface area contributed by atoms with Crippen LogP contribution in [-0.2, 0) is 60.5 Å². The number of rotatable bonds is 20. The first-order valence-corrected chi connectivity index (χ1v) is 45.2. The average Bonchev–Trinajstić information content (AvgIpc) is 1.67. The van der Waals surface area contributed by atoms with Crippen molar-refractivity contribution in [2.45, 2.75) is 51.9 Å². The van der Waals surface area contributed by atoms with Crippen molar-refractivity contribution < 1.29 is 4.74 Å². The minimum Gasteiger partial charge on any atom is -0.385 e. The number of nitrogens with one attached hydrogen (secondary N) is 6. The molecule has 27 nitrogen and oxygen atoms in total. The molecule has 5 aliphatic heterocycles. The van der Waals surface area contributed by atoms with Gasteiger partial charge in [0.1, 0.15) is 5.84 Å². The summed E-state index contributed by atoms with van der Waals surface area (Å²) in [6.07, 6.45) is 21.5. The molecule has 14 aromatic rings. The smallest absolute Gasteiger partial charge is 0.258 e. The average molecular weight is 1750 g/mol. The lowest BCUT2D eigenvalue weighted by Gasteiger charge is -2.26. The fraction of sp³-hybridized carbons (Fsp3) is 0.373. The van der Waals surface area contributed by atoms with Crippen LogP contribution in [0.3, 0.4) is 0 Å². The number of nitrogens with zero attached hydrogens (tertiary/aromatic N) is 13. The third-order valence-electron chi connectivity index (χ3n) is 24.3. The Morgan fingerprint density at radius 1 is 0.349 bits per heavy atom. The standard InChI is InChI=1S/C17H23N3O.C16H21N3O2.C16H21N3O.C14H15N3O.C14H19N3O.C13H16N2O.C12H12N2O/c1-19-11-7-14-13-15(5-6-16(14)17(19)21)18-8-12-20-9-3-2-4-10-20;1-18-6-4-13-12-14(2-3-15(13)16(18)20)17-5-7-19-8-10-21-11-9-19;1-18-10-6-13-12-14(4-5-15(13)16(18)20)17-7-11-19-8-2-3-9-19;1-16-8-6-15-13(16)11-3-4-12-10(9-11)5-7-17(2)14(12)18;1-16(2)9-7-15-12-4-5-13-11(10-12)6-8-17(3)14(13)18;1-3-7-14-11-4-5-12-10(9-11)6-8-15(2)13(12)16;1-14-5-3-8-7-11-9(2-4-13-11)6-10(8)12(14)15/h5-7,11,13,18H,2-4,8-10,12H2,1H3;2-4,6,12,17H,5,7-11H2,1H3;4-6,10,12,17H,2-3,7-9,11H2,1H3;3-5,7,9H,6,8H2,1-2H3;4-6,8,10,15H,7,9H2,1-3H3;4-6,8-9,14H,3,7H2,1-2H3;3,5-7,13H,2,4H2,1H3. The van der Waals surface area contributed by atoms with E-state index in [0.717, 1.165) is 233 Å². The zero-order chi connectivity index (χ0) is 91.0. The number of hydrogen-bond donors (Lipinski definition) is 6. The van der Waals surface area contributed by atoms with Gasteiger partial charge in [0, 0.05) is 262 Å². The van der Waals surface area contributed by atoms with Gasteiger partial charge in [-0.1, -0.05) is 19.4 Å². The van der Waals surface area contributed by atoms with E-state index in [1.54, 1.807) is 99.9 Å². The number of pyridine rings is 7. The number of fused-ring (bicyclic) bond motifs is 8. The highest BCUT2D eigenvalue weighted by Gasteiger charge is 2.19. The summed E-state index contributed by atoms with van der Waals surface area (Å²) < 4.78 is 16.6. The monoisotopic (exact) mass is 1750 g/mol. The number of anilines is 6. The fourth-order valence-electron chi connectivity index (χ4n) is 16.5. The Balaban J connectivity index is 0.000000129. The molecule has 0 bridgehead atoms. The molecule has 7 aromatic heterocycles. The van der Waals surface area contributed by atoms with Gasteiger partial charge in [-0.25, -0.2) is 0 Å². The molecule has 0 aliphatic carbocycles. The number of piperidine rings is 1. The molecule has 3 saturated heterocycles. The van der Waals surface area contributed by atoms with Crippen LogP contribution < -0.4 is 70.8 Å². The first-order chi connectivity index (χ1) is 62.4. The SMILES string of the molecule is CCCNc1ccc2c(=O)n(C)ccc2c1.CN(C)CCNc1ccc2c(=O)n(C)ccc2c1.CN1CCN=C1c1ccc2c(=O)n(C)ccc2c1.Cn1ccc2cc(NCCN3CCCC3)ccc2c1=O.Cn1ccc2cc(NCCN3CCCCC3)ccc2c1=O.Cn1ccc2cc(NCCN3CCOCC3)ccc2c1=O.Cn1ccc2cc3c(cc2c1=O)CCN3. The largest absolute Gasteiger partial charge is 0.385 e. The maximum Gasteiger partial charge on any atom is 0.258 e. The molecule has 0 saturated carbocycles. The second-order valence-corrected chi connectivity index (χ2v) is 34.2. The number of benzene rings is 7. The maximum absolute atomic E-state index is 12.0. The van der Waals surface area contributed by atoms with Crippen molar-refractivity contribution in [3.05, 3.63) is 291 Å². The predicted octanol–water partition coefficient (Wildman–Crippen LogP) is 12.4. The van der Waals surface area contributed by atoms with E-state index in [-0.39, 0.29) is 38.9 Å². The van der Waals surface area contributed by atoms with E-state index in [0.29, 0.717) is 0 Å². The molecule has 6 N–H and O–H groups in total. The number of amidine groups is 1. The van der Waals surface area contributed by atoms with Gasteiger partial charge in [-0.15, -0.1) is 0 Å². The van der Waals surface area contributed by atoms with Crippen molar-refractivity contribution in [2.75, 3.05) is 184 Å². The molecule has 129 heavy (non-hydrogen) atoms. The molecular formula is C102H127N19O8. The summed E-state index contributed by atoms with van der Waals surface area (Å²) in [7, 11) is 18.6. The lowest BCUT2D eigenvalue weighted by Crippen LogP contribution is -2.39. The van der Waals surface area contributed by atoms with Gasteiger partial charge in [-0.3, -0.25) is 43.5 Å². The van der Waals surface area contributed by atoms with Gasteiger partial charge in [-0.2, -0.15) is 0 Å². The highest BCUT2D eigenvalue weighted by atomic mass is 16.5. The summed E-state index contributed by atoms with van der Waals surface area (Å²) in [5, 5.41) is 32.7. The Morgan fingerprint density at radius 3 is 1.02 bits per heavy atom. The van der Waals surface area contributed by atoms with Gasteiger partial charge >= 0.3 is 0 Å². The lowest BCUT2D eigenvalue weighted by atomic mass is 10.1. The van der Waals surface area contributed by atoms with Crippen molar-refractivity contribution in [3.8, 4) is 0 Å². The summed E-state index contributed by atoms with van der Waals surface area (Å²) in [6, 6.07) is 53.4. The molecular weight excluding hydrogens is 1620 g/mol. The molecule has 678 valence electrons. The van der Waals surface area contributed by atoms with E-state index in [1.165, 1.54) is 69.5 Å². The normalized spacial score (nSPS) is 14.4. The predicted molar refractivity (Wildman–Crippen MR) is 535 cm³/mol. The quantitative estimate of drug-likeness (QED) is 0.0414. The molecule has 3 fully saturated rings. The van der Waals surface area contributed by atoms with Crippen molar-refractivity contribution in [1.82, 2.24) is 56.5 Å². The second kappa shape index (κ2) is 45.2. The number of aromatic nitrogens is 7. The molecule has 0 atom stereocenters. The number of aliphatic imine (C=N–C) groups is 1. The number of ether oxygens (including phenoxy) is 1. The summed E-state index contributed by atoms with van der Waals surface area (Å²) in [4.78, 5) is 99.6. The van der Waals surface area contributed by atoms with Crippen LogP contribution in [0.2, 0.25) is 0 Å². The van der Waals surface area contributed by atoms with Gasteiger partial charge in [0.2, 0.25) is 0 Å². The maximum atomic E-state index is 12.0. The van der Waals surface area contributed by atoms with Gasteiger partial charge in [-0.05, 0) is 280 Å². The number of likely N-dealkylation sites (N-methyl/N-ethyl adjacent to an activating group) is 2. The van der Waals surface area contributed by atoms with Crippen LogP contribution in [-0.4, -0.2) is 214 Å². The van der Waals surface area contributed by atoms with Crippen LogP contribution >= 0.6 is 0 Å². The van der Waals surface area contributed by atoms with E-state index < -0.39 is 0 Å². The Bertz CT molecular complexity index is 6590. The Morgan fingerprint density at radius 2 is 0.667 bits per heavy atom. The number of aryl methyl sites for hydroxylation is 7. The number of morpholine rings is 1. The number of likely N-dealkylation sites (tertiary alicyclic amines) is 2.